The van der Waals surface area contributed by atoms with Crippen LogP contribution >= 0.6 is 15.9 Å². The third kappa shape index (κ3) is 6.56. The van der Waals surface area contributed by atoms with Crippen LogP contribution in [-0.4, -0.2) is 17.5 Å². The van der Waals surface area contributed by atoms with E-state index in [1.165, 1.54) is 64.2 Å². The van der Waals surface area contributed by atoms with Crippen molar-refractivity contribution in [3.63, 3.8) is 0 Å². The SMILES string of the molecule is CCCCC(CC)COC1CCCCCCC1Br. The fourth-order valence-corrected chi connectivity index (χ4v) is 3.49. The van der Waals surface area contributed by atoms with E-state index in [1.807, 2.05) is 0 Å². The molecule has 1 aliphatic carbocycles. The lowest BCUT2D eigenvalue weighted by atomic mass is 9.97. The molecule has 0 aromatic rings. The monoisotopic (exact) mass is 318 g/mol. The van der Waals surface area contributed by atoms with Crippen LogP contribution in [0, 0.1) is 5.92 Å². The maximum absolute atomic E-state index is 6.23. The van der Waals surface area contributed by atoms with Gasteiger partial charge in [0.05, 0.1) is 6.10 Å². The van der Waals surface area contributed by atoms with Crippen molar-refractivity contribution in [2.24, 2.45) is 5.92 Å². The quantitative estimate of drug-likeness (QED) is 0.546. The van der Waals surface area contributed by atoms with E-state index in [0.29, 0.717) is 10.9 Å². The largest absolute Gasteiger partial charge is 0.377 e. The Morgan fingerprint density at radius 2 is 1.83 bits per heavy atom. The Morgan fingerprint density at radius 3 is 2.50 bits per heavy atom. The molecule has 1 fully saturated rings. The first-order chi connectivity index (χ1) is 8.77. The van der Waals surface area contributed by atoms with Crippen molar-refractivity contribution in [3.8, 4) is 0 Å². The van der Waals surface area contributed by atoms with Crippen molar-refractivity contribution in [2.45, 2.75) is 89.0 Å². The highest BCUT2D eigenvalue weighted by molar-refractivity contribution is 9.09. The van der Waals surface area contributed by atoms with Crippen molar-refractivity contribution < 1.29 is 4.74 Å². The fourth-order valence-electron chi connectivity index (χ4n) is 2.75. The maximum Gasteiger partial charge on any atom is 0.0700 e. The molecule has 3 atom stereocenters. The van der Waals surface area contributed by atoms with E-state index in [4.69, 9.17) is 4.74 Å². The zero-order valence-electron chi connectivity index (χ0n) is 12.3. The van der Waals surface area contributed by atoms with Gasteiger partial charge in [0.15, 0.2) is 0 Å². The molecule has 0 spiro atoms. The van der Waals surface area contributed by atoms with Gasteiger partial charge in [0.1, 0.15) is 0 Å². The zero-order valence-corrected chi connectivity index (χ0v) is 13.9. The van der Waals surface area contributed by atoms with Gasteiger partial charge in [-0.25, -0.2) is 0 Å². The molecule has 0 heterocycles. The molecule has 0 amide bonds. The van der Waals surface area contributed by atoms with Crippen LogP contribution in [0.3, 0.4) is 0 Å². The van der Waals surface area contributed by atoms with E-state index in [0.717, 1.165) is 12.5 Å². The summed E-state index contributed by atoms with van der Waals surface area (Å²) < 4.78 is 6.23. The Kier molecular flexibility index (Phi) is 9.40. The molecule has 1 aliphatic rings. The minimum atomic E-state index is 0.459. The van der Waals surface area contributed by atoms with Gasteiger partial charge in [-0.2, -0.15) is 0 Å². The van der Waals surface area contributed by atoms with Gasteiger partial charge in [-0.3, -0.25) is 0 Å². The third-order valence-corrected chi connectivity index (χ3v) is 5.26. The van der Waals surface area contributed by atoms with Crippen molar-refractivity contribution >= 4 is 15.9 Å². The van der Waals surface area contributed by atoms with Crippen molar-refractivity contribution in [1.29, 1.82) is 0 Å². The Hall–Kier alpha value is 0.440. The molecule has 0 aliphatic heterocycles. The first kappa shape index (κ1) is 16.5. The van der Waals surface area contributed by atoms with Crippen LogP contribution in [0.5, 0.6) is 0 Å². The van der Waals surface area contributed by atoms with Crippen LogP contribution < -0.4 is 0 Å². The topological polar surface area (TPSA) is 9.23 Å². The second kappa shape index (κ2) is 10.3. The van der Waals surface area contributed by atoms with Gasteiger partial charge in [-0.1, -0.05) is 74.7 Å². The molecule has 1 saturated carbocycles. The number of alkyl halides is 1. The third-order valence-electron chi connectivity index (χ3n) is 4.21. The number of rotatable bonds is 7. The maximum atomic E-state index is 6.23. The summed E-state index contributed by atoms with van der Waals surface area (Å²) in [5.74, 6) is 0.773. The Balaban J connectivity index is 2.28. The molecule has 1 nitrogen and oxygen atoms in total. The van der Waals surface area contributed by atoms with E-state index in [9.17, 15) is 0 Å². The number of halogens is 1. The molecule has 0 bridgehead atoms. The molecule has 1 rings (SSSR count). The van der Waals surface area contributed by atoms with E-state index >= 15 is 0 Å². The predicted molar refractivity (Wildman–Crippen MR) is 83.5 cm³/mol. The first-order valence-corrected chi connectivity index (χ1v) is 8.95. The first-order valence-electron chi connectivity index (χ1n) is 8.03. The summed E-state index contributed by atoms with van der Waals surface area (Å²) in [5.41, 5.74) is 0. The molecule has 0 aromatic carbocycles. The molecule has 2 heteroatoms. The minimum absolute atomic E-state index is 0.459. The Morgan fingerprint density at radius 1 is 1.11 bits per heavy atom. The number of hydrogen-bond donors (Lipinski definition) is 0. The van der Waals surface area contributed by atoms with E-state index in [-0.39, 0.29) is 0 Å². The second-order valence-corrected chi connectivity index (χ2v) is 6.97. The van der Waals surface area contributed by atoms with Crippen molar-refractivity contribution in [1.82, 2.24) is 0 Å². The smallest absolute Gasteiger partial charge is 0.0700 e. The van der Waals surface area contributed by atoms with Gasteiger partial charge >= 0.3 is 0 Å². The van der Waals surface area contributed by atoms with Crippen LogP contribution in [0.1, 0.15) is 78.1 Å². The summed E-state index contributed by atoms with van der Waals surface area (Å²) in [6.45, 7) is 5.55. The second-order valence-electron chi connectivity index (χ2n) is 5.80. The van der Waals surface area contributed by atoms with Gasteiger partial charge < -0.3 is 4.74 Å². The summed E-state index contributed by atoms with van der Waals surface area (Å²) in [6.07, 6.45) is 13.8. The van der Waals surface area contributed by atoms with Crippen LogP contribution in [0.4, 0.5) is 0 Å². The molecule has 0 N–H and O–H groups in total. The van der Waals surface area contributed by atoms with Gasteiger partial charge in [0, 0.05) is 11.4 Å². The highest BCUT2D eigenvalue weighted by Crippen LogP contribution is 2.26. The molecular weight excluding hydrogens is 288 g/mol. The number of hydrogen-bond acceptors (Lipinski definition) is 1. The number of ether oxygens (including phenoxy) is 1. The summed E-state index contributed by atoms with van der Waals surface area (Å²) in [4.78, 5) is 0.585. The molecule has 108 valence electrons. The van der Waals surface area contributed by atoms with E-state index in [1.54, 1.807) is 0 Å². The van der Waals surface area contributed by atoms with Crippen LogP contribution in [0.15, 0.2) is 0 Å². The highest BCUT2D eigenvalue weighted by atomic mass is 79.9. The van der Waals surface area contributed by atoms with Crippen LogP contribution in [-0.2, 0) is 4.74 Å². The lowest BCUT2D eigenvalue weighted by Gasteiger charge is -2.27. The normalized spacial score (nSPS) is 27.5. The van der Waals surface area contributed by atoms with Crippen molar-refractivity contribution in [3.05, 3.63) is 0 Å². The molecule has 0 saturated heterocycles. The molecular formula is C16H31BrO. The van der Waals surface area contributed by atoms with Gasteiger partial charge in [0.2, 0.25) is 0 Å². The summed E-state index contributed by atoms with van der Waals surface area (Å²) in [7, 11) is 0. The summed E-state index contributed by atoms with van der Waals surface area (Å²) >= 11 is 3.84. The summed E-state index contributed by atoms with van der Waals surface area (Å²) in [5, 5.41) is 0. The van der Waals surface area contributed by atoms with Gasteiger partial charge in [-0.05, 0) is 25.2 Å². The van der Waals surface area contributed by atoms with Crippen LogP contribution in [0.25, 0.3) is 0 Å². The van der Waals surface area contributed by atoms with Gasteiger partial charge in [-0.15, -0.1) is 0 Å². The van der Waals surface area contributed by atoms with E-state index < -0.39 is 0 Å². The fraction of sp³-hybridized carbons (Fsp3) is 1.00. The lowest BCUT2D eigenvalue weighted by molar-refractivity contribution is 0.0160. The van der Waals surface area contributed by atoms with Crippen molar-refractivity contribution in [2.75, 3.05) is 6.61 Å². The zero-order chi connectivity index (χ0) is 13.2. The number of unbranched alkanes of at least 4 members (excludes halogenated alkanes) is 1. The predicted octanol–water partition coefficient (Wildman–Crippen LogP) is 5.71. The molecule has 0 aromatic heterocycles. The average molecular weight is 319 g/mol. The lowest BCUT2D eigenvalue weighted by Crippen LogP contribution is -2.28. The molecule has 0 radical (unpaired) electrons. The summed E-state index contributed by atoms with van der Waals surface area (Å²) in [6, 6.07) is 0. The average Bonchev–Trinajstić information content (AvgIpc) is 2.37. The molecule has 18 heavy (non-hydrogen) atoms. The van der Waals surface area contributed by atoms with Gasteiger partial charge in [0.25, 0.3) is 0 Å². The Labute approximate surface area is 122 Å². The van der Waals surface area contributed by atoms with Crippen LogP contribution in [0.2, 0.25) is 0 Å². The highest BCUT2D eigenvalue weighted by Gasteiger charge is 2.21. The van der Waals surface area contributed by atoms with E-state index in [2.05, 4.69) is 29.8 Å². The Bertz CT molecular complexity index is 196. The standard InChI is InChI=1S/C16H31BrO/c1-3-5-10-14(4-2)13-18-16-12-9-7-6-8-11-15(16)17/h14-16H,3-13H2,1-2H3. The molecule has 3 unspecified atom stereocenters. The minimum Gasteiger partial charge on any atom is -0.377 e.